The van der Waals surface area contributed by atoms with Crippen LogP contribution in [-0.4, -0.2) is 24.2 Å². The number of carbonyl (C=O) groups is 1. The zero-order valence-corrected chi connectivity index (χ0v) is 18.3. The molecule has 0 atom stereocenters. The normalized spacial score (nSPS) is 17.4. The standard InChI is InChI=1S/C20H16BClF7NO3/c1-18(2)19(3,4)33-21(32-18)8-6-5-7-9(22)10(8)17(31)30-16-14(25)12(23)11(20(27,28)29)13(24)15(16)26/h5-7H,1-4H3,(H,30,31). The fourth-order valence-electron chi connectivity index (χ4n) is 3.11. The number of hydrogen-bond acceptors (Lipinski definition) is 3. The number of alkyl halides is 3. The van der Waals surface area contributed by atoms with E-state index in [1.54, 1.807) is 33.0 Å². The van der Waals surface area contributed by atoms with Crippen LogP contribution < -0.4 is 10.8 Å². The molecule has 0 spiro atoms. The molecule has 1 saturated heterocycles. The van der Waals surface area contributed by atoms with E-state index in [-0.39, 0.29) is 10.5 Å². The molecule has 1 aliphatic heterocycles. The second-order valence-corrected chi connectivity index (χ2v) is 8.66. The minimum Gasteiger partial charge on any atom is -0.399 e. The van der Waals surface area contributed by atoms with E-state index in [9.17, 15) is 35.5 Å². The third kappa shape index (κ3) is 4.31. The van der Waals surface area contributed by atoms with Gasteiger partial charge in [0.05, 0.1) is 21.8 Å². The first-order valence-corrected chi connectivity index (χ1v) is 9.76. The molecule has 1 amide bonds. The maximum Gasteiger partial charge on any atom is 0.495 e. The number of benzene rings is 2. The van der Waals surface area contributed by atoms with Crippen LogP contribution in [0.25, 0.3) is 0 Å². The van der Waals surface area contributed by atoms with Crippen LogP contribution in [0.3, 0.4) is 0 Å². The second-order valence-electron chi connectivity index (χ2n) is 8.25. The number of halogens is 8. The van der Waals surface area contributed by atoms with Crippen molar-refractivity contribution in [1.29, 1.82) is 0 Å². The molecule has 0 unspecified atom stereocenters. The van der Waals surface area contributed by atoms with Crippen LogP contribution >= 0.6 is 11.6 Å². The first-order valence-electron chi connectivity index (χ1n) is 9.38. The summed E-state index contributed by atoms with van der Waals surface area (Å²) in [5.41, 5.74) is -6.59. The third-order valence-electron chi connectivity index (χ3n) is 5.57. The predicted molar refractivity (Wildman–Crippen MR) is 106 cm³/mol. The van der Waals surface area contributed by atoms with Crippen LogP contribution in [0, 0.1) is 23.3 Å². The summed E-state index contributed by atoms with van der Waals surface area (Å²) in [6.07, 6.45) is -5.72. The summed E-state index contributed by atoms with van der Waals surface area (Å²) in [4.78, 5) is 12.8. The molecule has 0 radical (unpaired) electrons. The quantitative estimate of drug-likeness (QED) is 0.348. The lowest BCUT2D eigenvalue weighted by atomic mass is 9.75. The molecule has 33 heavy (non-hydrogen) atoms. The van der Waals surface area contributed by atoms with Gasteiger partial charge in [0.1, 0.15) is 11.3 Å². The van der Waals surface area contributed by atoms with Crippen LogP contribution in [0.4, 0.5) is 36.4 Å². The topological polar surface area (TPSA) is 47.6 Å². The largest absolute Gasteiger partial charge is 0.495 e. The molecule has 1 heterocycles. The Hall–Kier alpha value is -2.31. The third-order valence-corrected chi connectivity index (χ3v) is 5.88. The van der Waals surface area contributed by atoms with E-state index >= 15 is 0 Å². The average molecular weight is 498 g/mol. The summed E-state index contributed by atoms with van der Waals surface area (Å²) in [6.45, 7) is 6.87. The first-order chi connectivity index (χ1) is 15.0. The van der Waals surface area contributed by atoms with Gasteiger partial charge in [0.2, 0.25) is 0 Å². The molecule has 0 aromatic heterocycles. The molecule has 13 heteroatoms. The van der Waals surface area contributed by atoms with E-state index in [2.05, 4.69) is 0 Å². The van der Waals surface area contributed by atoms with Crippen molar-refractivity contribution in [2.75, 3.05) is 5.32 Å². The van der Waals surface area contributed by atoms with Gasteiger partial charge in [0, 0.05) is 0 Å². The smallest absolute Gasteiger partial charge is 0.399 e. The monoisotopic (exact) mass is 497 g/mol. The van der Waals surface area contributed by atoms with Crippen molar-refractivity contribution < 1.29 is 44.8 Å². The number of rotatable bonds is 3. The lowest BCUT2D eigenvalue weighted by Gasteiger charge is -2.32. The van der Waals surface area contributed by atoms with Gasteiger partial charge in [-0.2, -0.15) is 13.2 Å². The summed E-state index contributed by atoms with van der Waals surface area (Å²) in [5.74, 6) is -11.6. The van der Waals surface area contributed by atoms with E-state index in [4.69, 9.17) is 20.9 Å². The molecular formula is C20H16BClF7NO3. The Balaban J connectivity index is 2.06. The van der Waals surface area contributed by atoms with Gasteiger partial charge in [0.15, 0.2) is 23.3 Å². The lowest BCUT2D eigenvalue weighted by molar-refractivity contribution is -0.143. The molecule has 1 N–H and O–H groups in total. The average Bonchev–Trinajstić information content (AvgIpc) is 2.89. The molecule has 1 aliphatic rings. The van der Waals surface area contributed by atoms with Gasteiger partial charge < -0.3 is 14.6 Å². The minimum absolute atomic E-state index is 0.0207. The highest BCUT2D eigenvalue weighted by atomic mass is 35.5. The van der Waals surface area contributed by atoms with Gasteiger partial charge in [-0.05, 0) is 39.2 Å². The maximum absolute atomic E-state index is 14.2. The number of hydrogen-bond donors (Lipinski definition) is 1. The molecule has 0 bridgehead atoms. The molecule has 2 aromatic rings. The maximum atomic E-state index is 14.2. The van der Waals surface area contributed by atoms with Crippen molar-refractivity contribution >= 4 is 35.8 Å². The Morgan fingerprint density at radius 2 is 1.42 bits per heavy atom. The molecular weight excluding hydrogens is 481 g/mol. The summed E-state index contributed by atoms with van der Waals surface area (Å²) in [6, 6.07) is 4.04. The van der Waals surface area contributed by atoms with Crippen molar-refractivity contribution in [2.24, 2.45) is 0 Å². The second kappa shape index (κ2) is 8.17. The fourth-order valence-corrected chi connectivity index (χ4v) is 3.38. The number of nitrogens with one attached hydrogen (secondary N) is 1. The molecule has 0 saturated carbocycles. The molecule has 4 nitrogen and oxygen atoms in total. The van der Waals surface area contributed by atoms with Crippen LogP contribution in [0.5, 0.6) is 0 Å². The predicted octanol–water partition coefficient (Wildman–Crippen LogP) is 5.47. The summed E-state index contributed by atoms with van der Waals surface area (Å²) < 4.78 is 106. The molecule has 178 valence electrons. The number of amides is 1. The Morgan fingerprint density at radius 3 is 1.88 bits per heavy atom. The van der Waals surface area contributed by atoms with Crippen molar-refractivity contribution in [1.82, 2.24) is 0 Å². The molecule has 1 fully saturated rings. The number of carbonyl (C=O) groups excluding carboxylic acids is 1. The Bertz CT molecular complexity index is 1090. The highest BCUT2D eigenvalue weighted by molar-refractivity contribution is 6.64. The highest BCUT2D eigenvalue weighted by Gasteiger charge is 2.52. The van der Waals surface area contributed by atoms with Gasteiger partial charge in [-0.1, -0.05) is 23.7 Å². The highest BCUT2D eigenvalue weighted by Crippen LogP contribution is 2.39. The van der Waals surface area contributed by atoms with Crippen molar-refractivity contribution in [3.63, 3.8) is 0 Å². The fraction of sp³-hybridized carbons (Fsp3) is 0.350. The summed E-state index contributed by atoms with van der Waals surface area (Å²) in [5, 5.41) is 1.33. The number of anilines is 1. The SMILES string of the molecule is CC1(C)OB(c2cccc(Cl)c2C(=O)Nc2c(F)c(F)c(C(F)(F)F)c(F)c2F)OC1(C)C. The van der Waals surface area contributed by atoms with Gasteiger partial charge in [-0.25, -0.2) is 17.6 Å². The minimum atomic E-state index is -5.72. The Kier molecular flexibility index (Phi) is 6.27. The zero-order valence-electron chi connectivity index (χ0n) is 17.6. The molecule has 0 aliphatic carbocycles. The van der Waals surface area contributed by atoms with Crippen LogP contribution in [-0.2, 0) is 15.5 Å². The van der Waals surface area contributed by atoms with E-state index in [1.165, 1.54) is 18.2 Å². The van der Waals surface area contributed by atoms with Crippen molar-refractivity contribution in [2.45, 2.75) is 45.1 Å². The van der Waals surface area contributed by atoms with E-state index < -0.39 is 70.5 Å². The lowest BCUT2D eigenvalue weighted by Crippen LogP contribution is -2.41. The summed E-state index contributed by atoms with van der Waals surface area (Å²) in [7, 11) is -1.16. The zero-order chi connectivity index (χ0) is 25.1. The summed E-state index contributed by atoms with van der Waals surface area (Å²) >= 11 is 6.08. The van der Waals surface area contributed by atoms with Crippen LogP contribution in [0.1, 0.15) is 43.6 Å². The van der Waals surface area contributed by atoms with Crippen molar-refractivity contribution in [3.8, 4) is 0 Å². The molecule has 2 aromatic carbocycles. The Labute approximate surface area is 189 Å². The van der Waals surface area contributed by atoms with Gasteiger partial charge >= 0.3 is 13.3 Å². The van der Waals surface area contributed by atoms with Crippen LogP contribution in [0.15, 0.2) is 18.2 Å². The first kappa shape index (κ1) is 25.3. The van der Waals surface area contributed by atoms with Gasteiger partial charge in [-0.3, -0.25) is 4.79 Å². The van der Waals surface area contributed by atoms with E-state index in [0.717, 1.165) is 0 Å². The Morgan fingerprint density at radius 1 is 0.939 bits per heavy atom. The van der Waals surface area contributed by atoms with E-state index in [0.29, 0.717) is 0 Å². The van der Waals surface area contributed by atoms with Gasteiger partial charge in [0.25, 0.3) is 5.91 Å². The molecule has 3 rings (SSSR count). The van der Waals surface area contributed by atoms with Gasteiger partial charge in [-0.15, -0.1) is 0 Å². The van der Waals surface area contributed by atoms with Crippen LogP contribution in [0.2, 0.25) is 5.02 Å². The van der Waals surface area contributed by atoms with Crippen molar-refractivity contribution in [3.05, 3.63) is 57.6 Å². The van der Waals surface area contributed by atoms with E-state index in [1.807, 2.05) is 0 Å².